The molecule has 0 saturated carbocycles. The van der Waals surface area contributed by atoms with Gasteiger partial charge in [-0.1, -0.05) is 0 Å². The summed E-state index contributed by atoms with van der Waals surface area (Å²) in [5.41, 5.74) is 2.07. The molecule has 1 aromatic carbocycles. The van der Waals surface area contributed by atoms with Crippen molar-refractivity contribution in [2.75, 3.05) is 13.7 Å². The largest absolute Gasteiger partial charge is 0.452 e. The van der Waals surface area contributed by atoms with Gasteiger partial charge in [0.2, 0.25) is 0 Å². The van der Waals surface area contributed by atoms with Crippen LogP contribution in [0.15, 0.2) is 36.5 Å². The Morgan fingerprint density at radius 1 is 1.17 bits per heavy atom. The maximum Gasteiger partial charge on any atom is 0.338 e. The Labute approximate surface area is 132 Å². The van der Waals surface area contributed by atoms with Gasteiger partial charge in [0.1, 0.15) is 0 Å². The Balaban J connectivity index is 1.94. The van der Waals surface area contributed by atoms with Crippen molar-refractivity contribution in [2.24, 2.45) is 0 Å². The summed E-state index contributed by atoms with van der Waals surface area (Å²) in [5, 5.41) is 8.38. The molecule has 0 unspecified atom stereocenters. The van der Waals surface area contributed by atoms with E-state index in [4.69, 9.17) is 4.74 Å². The highest BCUT2D eigenvalue weighted by Gasteiger charge is 2.12. The Morgan fingerprint density at radius 2 is 1.87 bits per heavy atom. The number of imide groups is 1. The van der Waals surface area contributed by atoms with Gasteiger partial charge >= 0.3 is 12.0 Å². The van der Waals surface area contributed by atoms with Gasteiger partial charge in [-0.3, -0.25) is 10.1 Å². The number of esters is 1. The summed E-state index contributed by atoms with van der Waals surface area (Å²) in [4.78, 5) is 34.1. The second-order valence-electron chi connectivity index (χ2n) is 4.63. The van der Waals surface area contributed by atoms with Crippen molar-refractivity contribution < 1.29 is 19.1 Å². The summed E-state index contributed by atoms with van der Waals surface area (Å²) in [6.45, 7) is 1.38. The van der Waals surface area contributed by atoms with Crippen LogP contribution in [0.25, 0.3) is 5.69 Å². The van der Waals surface area contributed by atoms with E-state index in [1.807, 2.05) is 18.3 Å². The summed E-state index contributed by atoms with van der Waals surface area (Å²) in [7, 11) is 1.37. The molecule has 0 atom stereocenters. The van der Waals surface area contributed by atoms with Crippen LogP contribution in [0, 0.1) is 6.92 Å². The highest BCUT2D eigenvalue weighted by molar-refractivity contribution is 5.96. The predicted octanol–water partition coefficient (Wildman–Crippen LogP) is 0.793. The second kappa shape index (κ2) is 7.21. The zero-order valence-electron chi connectivity index (χ0n) is 12.7. The van der Waals surface area contributed by atoms with E-state index in [2.05, 4.69) is 10.4 Å². The number of hydrogen-bond acceptors (Lipinski definition) is 5. The molecule has 0 saturated heterocycles. The first kappa shape index (κ1) is 16.2. The molecule has 0 spiro atoms. The maximum atomic E-state index is 11.8. The monoisotopic (exact) mass is 316 g/mol. The number of aryl methyl sites for hydroxylation is 1. The number of hydrogen-bond donors (Lipinski definition) is 2. The third-order valence-corrected chi connectivity index (χ3v) is 2.99. The molecule has 2 N–H and O–H groups in total. The normalized spacial score (nSPS) is 10.0. The van der Waals surface area contributed by atoms with Gasteiger partial charge in [-0.25, -0.2) is 14.3 Å². The number of benzene rings is 1. The third-order valence-electron chi connectivity index (χ3n) is 2.99. The Kier molecular flexibility index (Phi) is 5.08. The van der Waals surface area contributed by atoms with Crippen molar-refractivity contribution in [1.82, 2.24) is 20.4 Å². The number of rotatable bonds is 4. The second-order valence-corrected chi connectivity index (χ2v) is 4.63. The van der Waals surface area contributed by atoms with Crippen LogP contribution in [0.4, 0.5) is 4.79 Å². The first-order valence-corrected chi connectivity index (χ1v) is 6.81. The minimum atomic E-state index is -0.707. The quantitative estimate of drug-likeness (QED) is 0.812. The van der Waals surface area contributed by atoms with Crippen molar-refractivity contribution in [3.63, 3.8) is 0 Å². The van der Waals surface area contributed by atoms with Gasteiger partial charge in [0.25, 0.3) is 5.91 Å². The highest BCUT2D eigenvalue weighted by atomic mass is 16.5. The number of carbonyl (C=O) groups excluding carboxylic acids is 3. The lowest BCUT2D eigenvalue weighted by Crippen LogP contribution is -2.39. The number of nitrogens with zero attached hydrogens (tertiary/aromatic N) is 2. The van der Waals surface area contributed by atoms with Crippen LogP contribution in [0.5, 0.6) is 0 Å². The van der Waals surface area contributed by atoms with Crippen LogP contribution in [0.2, 0.25) is 0 Å². The van der Waals surface area contributed by atoms with Crippen molar-refractivity contribution >= 4 is 17.9 Å². The van der Waals surface area contributed by atoms with Gasteiger partial charge in [-0.2, -0.15) is 5.10 Å². The van der Waals surface area contributed by atoms with E-state index < -0.39 is 24.5 Å². The van der Waals surface area contributed by atoms with Crippen molar-refractivity contribution in [1.29, 1.82) is 0 Å². The number of urea groups is 1. The molecule has 3 amide bonds. The Morgan fingerprint density at radius 3 is 2.43 bits per heavy atom. The third kappa shape index (κ3) is 4.16. The fourth-order valence-electron chi connectivity index (χ4n) is 1.82. The molecular weight excluding hydrogens is 300 g/mol. The van der Waals surface area contributed by atoms with E-state index in [1.165, 1.54) is 7.05 Å². The van der Waals surface area contributed by atoms with Crippen LogP contribution in [0.3, 0.4) is 0 Å². The van der Waals surface area contributed by atoms with E-state index in [1.54, 1.807) is 35.1 Å². The number of amides is 3. The smallest absolute Gasteiger partial charge is 0.338 e. The molecule has 2 rings (SSSR count). The molecule has 23 heavy (non-hydrogen) atoms. The molecular formula is C15H16N4O4. The van der Waals surface area contributed by atoms with E-state index in [0.717, 1.165) is 11.4 Å². The van der Waals surface area contributed by atoms with Crippen LogP contribution >= 0.6 is 0 Å². The van der Waals surface area contributed by atoms with E-state index in [9.17, 15) is 14.4 Å². The molecule has 8 heteroatoms. The first-order valence-electron chi connectivity index (χ1n) is 6.81. The van der Waals surface area contributed by atoms with Gasteiger partial charge in [-0.05, 0) is 37.3 Å². The first-order chi connectivity index (χ1) is 11.0. The minimum absolute atomic E-state index is 0.298. The summed E-state index contributed by atoms with van der Waals surface area (Å²) in [6, 6.07) is 7.81. The molecule has 0 aliphatic carbocycles. The zero-order chi connectivity index (χ0) is 16.8. The predicted molar refractivity (Wildman–Crippen MR) is 81.2 cm³/mol. The van der Waals surface area contributed by atoms with Crippen LogP contribution in [0.1, 0.15) is 16.1 Å². The van der Waals surface area contributed by atoms with Crippen LogP contribution < -0.4 is 10.6 Å². The van der Waals surface area contributed by atoms with Gasteiger partial charge < -0.3 is 10.1 Å². The number of carbonyl (C=O) groups is 3. The molecule has 1 aromatic heterocycles. The van der Waals surface area contributed by atoms with Gasteiger partial charge in [0.05, 0.1) is 11.3 Å². The molecule has 0 aliphatic rings. The van der Waals surface area contributed by atoms with Crippen molar-refractivity contribution in [3.05, 3.63) is 47.8 Å². The summed E-state index contributed by atoms with van der Waals surface area (Å²) < 4.78 is 6.56. The fraction of sp³-hybridized carbons (Fsp3) is 0.200. The lowest BCUT2D eigenvalue weighted by atomic mass is 10.2. The van der Waals surface area contributed by atoms with Crippen LogP contribution in [-0.4, -0.2) is 41.3 Å². The zero-order valence-corrected chi connectivity index (χ0v) is 12.7. The summed E-state index contributed by atoms with van der Waals surface area (Å²) in [6.07, 6.45) is 1.68. The summed E-state index contributed by atoms with van der Waals surface area (Å²) >= 11 is 0. The van der Waals surface area contributed by atoms with Crippen molar-refractivity contribution in [2.45, 2.75) is 6.92 Å². The standard InChI is InChI=1S/C15H16N4O4/c1-10-7-8-17-19(10)12-5-3-11(4-6-12)14(21)23-9-13(20)18-15(22)16-2/h3-8H,9H2,1-2H3,(H2,16,18,20,22). The minimum Gasteiger partial charge on any atom is -0.452 e. The molecule has 2 aromatic rings. The lowest BCUT2D eigenvalue weighted by Gasteiger charge is -2.07. The van der Waals surface area contributed by atoms with Crippen molar-refractivity contribution in [3.8, 4) is 5.69 Å². The van der Waals surface area contributed by atoms with Gasteiger partial charge in [0, 0.05) is 18.9 Å². The van der Waals surface area contributed by atoms with E-state index in [-0.39, 0.29) is 0 Å². The fourth-order valence-corrected chi connectivity index (χ4v) is 1.82. The molecule has 0 radical (unpaired) electrons. The Bertz CT molecular complexity index is 721. The molecule has 120 valence electrons. The summed E-state index contributed by atoms with van der Waals surface area (Å²) in [5.74, 6) is -1.36. The molecule has 1 heterocycles. The molecule has 0 bridgehead atoms. The molecule has 8 nitrogen and oxygen atoms in total. The highest BCUT2D eigenvalue weighted by Crippen LogP contribution is 2.12. The number of ether oxygens (including phenoxy) is 1. The van der Waals surface area contributed by atoms with E-state index in [0.29, 0.717) is 5.56 Å². The van der Waals surface area contributed by atoms with Gasteiger partial charge in [0.15, 0.2) is 6.61 Å². The number of aromatic nitrogens is 2. The lowest BCUT2D eigenvalue weighted by molar-refractivity contribution is -0.123. The van der Waals surface area contributed by atoms with Crippen LogP contribution in [-0.2, 0) is 9.53 Å². The topological polar surface area (TPSA) is 102 Å². The van der Waals surface area contributed by atoms with E-state index >= 15 is 0 Å². The maximum absolute atomic E-state index is 11.8. The Hall–Kier alpha value is -3.16. The number of nitrogens with one attached hydrogen (secondary N) is 2. The SMILES string of the molecule is CNC(=O)NC(=O)COC(=O)c1ccc(-n2nccc2C)cc1. The molecule has 0 aliphatic heterocycles. The average molecular weight is 316 g/mol. The molecule has 0 fully saturated rings. The van der Waals surface area contributed by atoms with Gasteiger partial charge in [-0.15, -0.1) is 0 Å². The average Bonchev–Trinajstić information content (AvgIpc) is 2.98.